The van der Waals surface area contributed by atoms with Gasteiger partial charge in [-0.15, -0.1) is 0 Å². The minimum absolute atomic E-state index is 0.0806. The number of aliphatic hydroxyl groups is 1. The van der Waals surface area contributed by atoms with Crippen LogP contribution in [0.1, 0.15) is 78.1 Å². The lowest BCUT2D eigenvalue weighted by Crippen LogP contribution is -2.54. The van der Waals surface area contributed by atoms with Gasteiger partial charge in [0.2, 0.25) is 0 Å². The van der Waals surface area contributed by atoms with Crippen LogP contribution in [0, 0.1) is 51.8 Å². The molecule has 4 saturated carbocycles. The second-order valence-electron chi connectivity index (χ2n) is 10.1. The average Bonchev–Trinajstić information content (AvgIpc) is 2.93. The molecule has 0 spiro atoms. The minimum atomic E-state index is -0.0806. The van der Waals surface area contributed by atoms with Crippen LogP contribution in [0.4, 0.5) is 0 Å². The molecule has 0 heterocycles. The number of fused-ring (bicyclic) bond motifs is 5. The Morgan fingerprint density at radius 2 is 1.76 bits per heavy atom. The first kappa shape index (κ1) is 17.5. The maximum Gasteiger partial charge on any atom is 0.150 e. The number of hydrogen-bond acceptors (Lipinski definition) is 3. The molecule has 0 aliphatic heterocycles. The summed E-state index contributed by atoms with van der Waals surface area (Å²) in [5.41, 5.74) is 0.532. The van der Waals surface area contributed by atoms with Crippen LogP contribution in [0.15, 0.2) is 0 Å². The van der Waals surface area contributed by atoms with Crippen LogP contribution >= 0.6 is 0 Å². The Hall–Kier alpha value is -0.880. The van der Waals surface area contributed by atoms with E-state index in [4.69, 9.17) is 5.26 Å². The summed E-state index contributed by atoms with van der Waals surface area (Å²) in [4.78, 5) is 12.5. The van der Waals surface area contributed by atoms with E-state index < -0.39 is 0 Å². The maximum atomic E-state index is 12.5. The minimum Gasteiger partial charge on any atom is -0.393 e. The molecular weight excluding hydrogens is 310 g/mol. The number of hydrogen-bond donors (Lipinski definition) is 1. The molecule has 1 N–H and O–H groups in total. The summed E-state index contributed by atoms with van der Waals surface area (Å²) in [6, 6.07) is 2.09. The van der Waals surface area contributed by atoms with E-state index in [1.54, 1.807) is 0 Å². The van der Waals surface area contributed by atoms with Gasteiger partial charge in [0, 0.05) is 5.92 Å². The topological polar surface area (TPSA) is 61.1 Å². The fourth-order valence-corrected chi connectivity index (χ4v) is 7.97. The van der Waals surface area contributed by atoms with Gasteiger partial charge < -0.3 is 5.11 Å². The van der Waals surface area contributed by atoms with Crippen molar-refractivity contribution in [2.75, 3.05) is 0 Å². The lowest BCUT2D eigenvalue weighted by atomic mass is 9.44. The van der Waals surface area contributed by atoms with Crippen molar-refractivity contribution < 1.29 is 9.90 Å². The fraction of sp³-hybridized carbons (Fsp3) is 0.909. The summed E-state index contributed by atoms with van der Waals surface area (Å²) in [6.45, 7) is 4.87. The van der Waals surface area contributed by atoms with E-state index in [0.717, 1.165) is 37.5 Å². The second-order valence-corrected chi connectivity index (χ2v) is 10.1. The van der Waals surface area contributed by atoms with Crippen molar-refractivity contribution in [3.8, 4) is 6.07 Å². The van der Waals surface area contributed by atoms with Crippen LogP contribution in [-0.4, -0.2) is 17.0 Å². The third-order valence-electron chi connectivity index (χ3n) is 9.28. The molecule has 0 radical (unpaired) electrons. The lowest BCUT2D eigenvalue weighted by molar-refractivity contribution is -0.139. The summed E-state index contributed by atoms with van der Waals surface area (Å²) in [5, 5.41) is 19.1. The standard InChI is InChI=1S/C22H33NO2/c1-21-10-7-15(24)13-14(21)3-4-16-17-5-6-19(20(25)9-12-23)22(17,2)11-8-18(16)21/h14-19,24H,3-11,13H2,1-2H3/t14-,15+,16-,17-,18-,19+,21-,22-/m0/s1. The van der Waals surface area contributed by atoms with Gasteiger partial charge in [0.1, 0.15) is 0 Å². The normalized spacial score (nSPS) is 51.8. The van der Waals surface area contributed by atoms with Gasteiger partial charge >= 0.3 is 0 Å². The molecule has 25 heavy (non-hydrogen) atoms. The number of nitriles is 1. The van der Waals surface area contributed by atoms with Gasteiger partial charge in [0.05, 0.1) is 18.6 Å². The third-order valence-corrected chi connectivity index (χ3v) is 9.28. The smallest absolute Gasteiger partial charge is 0.150 e. The molecule has 4 aliphatic rings. The average molecular weight is 344 g/mol. The Kier molecular flexibility index (Phi) is 4.27. The number of ketones is 1. The maximum absolute atomic E-state index is 12.5. The van der Waals surface area contributed by atoms with Crippen molar-refractivity contribution >= 4 is 5.78 Å². The van der Waals surface area contributed by atoms with Crippen LogP contribution in [0.25, 0.3) is 0 Å². The third kappa shape index (κ3) is 2.51. The number of aliphatic hydroxyl groups excluding tert-OH is 1. The molecule has 3 nitrogen and oxygen atoms in total. The van der Waals surface area contributed by atoms with Crippen molar-refractivity contribution in [3.05, 3.63) is 0 Å². The first-order chi connectivity index (χ1) is 11.9. The summed E-state index contributed by atoms with van der Waals surface area (Å²) < 4.78 is 0. The van der Waals surface area contributed by atoms with E-state index in [-0.39, 0.29) is 29.6 Å². The van der Waals surface area contributed by atoms with Crippen molar-refractivity contribution in [2.45, 2.75) is 84.2 Å². The van der Waals surface area contributed by atoms with Gasteiger partial charge in [-0.3, -0.25) is 4.79 Å². The van der Waals surface area contributed by atoms with E-state index in [9.17, 15) is 9.90 Å². The van der Waals surface area contributed by atoms with Crippen molar-refractivity contribution in [2.24, 2.45) is 40.4 Å². The zero-order chi connectivity index (χ0) is 17.8. The highest BCUT2D eigenvalue weighted by atomic mass is 16.3. The van der Waals surface area contributed by atoms with Crippen LogP contribution < -0.4 is 0 Å². The first-order valence-electron chi connectivity index (χ1n) is 10.5. The molecule has 4 rings (SSSR count). The van der Waals surface area contributed by atoms with Gasteiger partial charge in [0.25, 0.3) is 0 Å². The Morgan fingerprint density at radius 1 is 1.04 bits per heavy atom. The Morgan fingerprint density at radius 3 is 2.52 bits per heavy atom. The Balaban J connectivity index is 1.58. The first-order valence-corrected chi connectivity index (χ1v) is 10.5. The molecule has 4 fully saturated rings. The van der Waals surface area contributed by atoms with Gasteiger partial charge in [-0.2, -0.15) is 5.26 Å². The van der Waals surface area contributed by atoms with Crippen LogP contribution in [0.3, 0.4) is 0 Å². The van der Waals surface area contributed by atoms with Gasteiger partial charge in [-0.05, 0) is 92.3 Å². The molecule has 0 aromatic rings. The van der Waals surface area contributed by atoms with Crippen molar-refractivity contribution in [3.63, 3.8) is 0 Å². The number of Topliss-reactive ketones (excluding diaryl/α,β-unsaturated/α-hetero) is 1. The number of nitrogens with zero attached hydrogens (tertiary/aromatic N) is 1. The summed E-state index contributed by atoms with van der Waals surface area (Å²) in [5.74, 6) is 3.23. The molecule has 0 saturated heterocycles. The van der Waals surface area contributed by atoms with Crippen LogP contribution in [0.2, 0.25) is 0 Å². The zero-order valence-corrected chi connectivity index (χ0v) is 15.8. The molecular formula is C22H33NO2. The predicted molar refractivity (Wildman–Crippen MR) is 96.5 cm³/mol. The molecule has 0 aromatic heterocycles. The second kappa shape index (κ2) is 6.08. The molecule has 0 unspecified atom stereocenters. The summed E-state index contributed by atoms with van der Waals surface area (Å²) in [7, 11) is 0. The number of carbonyl (C=O) groups excluding carboxylic acids is 1. The SMILES string of the molecule is C[C@]12CC[C@@H](O)C[C@@H]1CC[C@@H]1[C@@H]2CC[C@]2(C)[C@@H](C(=O)CC#N)CC[C@@H]12. The quantitative estimate of drug-likeness (QED) is 0.803. The monoisotopic (exact) mass is 343 g/mol. The highest BCUT2D eigenvalue weighted by molar-refractivity contribution is 5.84. The van der Waals surface area contributed by atoms with E-state index in [2.05, 4.69) is 19.9 Å². The zero-order valence-electron chi connectivity index (χ0n) is 15.8. The predicted octanol–water partition coefficient (Wildman–Crippen LogP) is 4.49. The molecule has 0 aromatic carbocycles. The Bertz CT molecular complexity index is 595. The molecule has 0 bridgehead atoms. The number of carbonyl (C=O) groups is 1. The van der Waals surface area contributed by atoms with E-state index in [1.807, 2.05) is 0 Å². The Labute approximate surface area is 152 Å². The molecule has 4 aliphatic carbocycles. The molecule has 0 amide bonds. The van der Waals surface area contributed by atoms with E-state index in [0.29, 0.717) is 17.3 Å². The molecule has 138 valence electrons. The van der Waals surface area contributed by atoms with Gasteiger partial charge in [-0.1, -0.05) is 13.8 Å². The molecule has 8 atom stereocenters. The number of rotatable bonds is 2. The van der Waals surface area contributed by atoms with Crippen molar-refractivity contribution in [1.82, 2.24) is 0 Å². The van der Waals surface area contributed by atoms with Crippen LogP contribution in [-0.2, 0) is 4.79 Å². The highest BCUT2D eigenvalue weighted by Gasteiger charge is 2.60. The van der Waals surface area contributed by atoms with E-state index >= 15 is 0 Å². The van der Waals surface area contributed by atoms with Gasteiger partial charge in [0.15, 0.2) is 5.78 Å². The lowest BCUT2D eigenvalue weighted by Gasteiger charge is -2.60. The van der Waals surface area contributed by atoms with Crippen LogP contribution in [0.5, 0.6) is 0 Å². The summed E-state index contributed by atoms with van der Waals surface area (Å²) >= 11 is 0. The highest BCUT2D eigenvalue weighted by Crippen LogP contribution is 2.67. The van der Waals surface area contributed by atoms with Gasteiger partial charge in [-0.25, -0.2) is 0 Å². The largest absolute Gasteiger partial charge is 0.393 e. The molecule has 3 heteroatoms. The summed E-state index contributed by atoms with van der Waals surface area (Å²) in [6.07, 6.45) is 10.3. The fourth-order valence-electron chi connectivity index (χ4n) is 7.97. The van der Waals surface area contributed by atoms with E-state index in [1.165, 1.54) is 32.1 Å². The van der Waals surface area contributed by atoms with Crippen molar-refractivity contribution in [1.29, 1.82) is 5.26 Å².